The van der Waals surface area contributed by atoms with Crippen LogP contribution in [0.1, 0.15) is 12.8 Å². The van der Waals surface area contributed by atoms with Crippen molar-refractivity contribution >= 4 is 36.4 Å². The number of carbonyl (C=O) groups is 1. The smallest absolute Gasteiger partial charge is 0.222 e. The van der Waals surface area contributed by atoms with Crippen LogP contribution in [0.3, 0.4) is 0 Å². The van der Waals surface area contributed by atoms with E-state index in [0.717, 1.165) is 38.3 Å². The van der Waals surface area contributed by atoms with Gasteiger partial charge in [0.25, 0.3) is 0 Å². The van der Waals surface area contributed by atoms with E-state index in [-0.39, 0.29) is 36.5 Å². The van der Waals surface area contributed by atoms with Crippen molar-refractivity contribution in [3.05, 3.63) is 30.1 Å². The Balaban J connectivity index is 0.00000200. The highest BCUT2D eigenvalue weighted by molar-refractivity contribution is 5.85. The second-order valence-electron chi connectivity index (χ2n) is 4.74. The lowest BCUT2D eigenvalue weighted by Crippen LogP contribution is -2.48. The van der Waals surface area contributed by atoms with Crippen molar-refractivity contribution in [1.82, 2.24) is 4.90 Å². The van der Waals surface area contributed by atoms with Gasteiger partial charge in [0.05, 0.1) is 0 Å². The second-order valence-corrected chi connectivity index (χ2v) is 4.74. The van der Waals surface area contributed by atoms with Crippen LogP contribution < -0.4 is 10.6 Å². The van der Waals surface area contributed by atoms with E-state index in [4.69, 9.17) is 5.73 Å². The molecule has 7 heteroatoms. The van der Waals surface area contributed by atoms with Crippen molar-refractivity contribution in [2.75, 3.05) is 37.6 Å². The maximum atomic E-state index is 12.9. The van der Waals surface area contributed by atoms with E-state index in [9.17, 15) is 9.18 Å². The molecule has 0 aromatic heterocycles. The third-order valence-electron chi connectivity index (χ3n) is 3.42. The first-order valence-electron chi connectivity index (χ1n) is 6.69. The van der Waals surface area contributed by atoms with E-state index in [0.29, 0.717) is 13.0 Å². The number of rotatable bonds is 4. The summed E-state index contributed by atoms with van der Waals surface area (Å²) in [5, 5.41) is 0. The molecule has 4 nitrogen and oxygen atoms in total. The third kappa shape index (κ3) is 5.69. The Labute approximate surface area is 137 Å². The molecular formula is C14H22Cl2FN3O. The quantitative estimate of drug-likeness (QED) is 0.914. The van der Waals surface area contributed by atoms with Gasteiger partial charge in [-0.1, -0.05) is 0 Å². The molecule has 1 saturated heterocycles. The normalized spacial score (nSPS) is 14.2. The zero-order valence-corrected chi connectivity index (χ0v) is 13.5. The number of halogens is 3. The summed E-state index contributed by atoms with van der Waals surface area (Å²) in [5.41, 5.74) is 6.42. The Morgan fingerprint density at radius 3 is 2.19 bits per heavy atom. The standard InChI is InChI=1S/C14H20FN3O.2ClH/c15-12-3-5-13(6-4-12)17-8-10-18(11-9-17)14(19)2-1-7-16;;/h3-6H,1-2,7-11,16H2;2*1H. The first kappa shape index (κ1) is 20.0. The summed E-state index contributed by atoms with van der Waals surface area (Å²) < 4.78 is 12.9. The van der Waals surface area contributed by atoms with Gasteiger partial charge in [-0.25, -0.2) is 4.39 Å². The Hall–Kier alpha value is -1.04. The minimum atomic E-state index is -0.223. The molecule has 0 bridgehead atoms. The molecule has 1 amide bonds. The van der Waals surface area contributed by atoms with Gasteiger partial charge in [0.2, 0.25) is 5.91 Å². The van der Waals surface area contributed by atoms with Crippen LogP contribution in [0.2, 0.25) is 0 Å². The van der Waals surface area contributed by atoms with Crippen molar-refractivity contribution in [3.8, 4) is 0 Å². The van der Waals surface area contributed by atoms with E-state index >= 15 is 0 Å². The molecule has 0 saturated carbocycles. The summed E-state index contributed by atoms with van der Waals surface area (Å²) in [7, 11) is 0. The molecule has 0 unspecified atom stereocenters. The fraction of sp³-hybridized carbons (Fsp3) is 0.500. The van der Waals surface area contributed by atoms with E-state index in [1.165, 1.54) is 12.1 Å². The van der Waals surface area contributed by atoms with Crippen molar-refractivity contribution in [2.24, 2.45) is 5.73 Å². The number of anilines is 1. The first-order valence-corrected chi connectivity index (χ1v) is 6.69. The molecule has 0 radical (unpaired) electrons. The average Bonchev–Trinajstić information content (AvgIpc) is 2.46. The fourth-order valence-electron chi connectivity index (χ4n) is 2.28. The van der Waals surface area contributed by atoms with Gasteiger partial charge in [-0.3, -0.25) is 4.79 Å². The Bertz CT molecular complexity index is 423. The molecule has 0 atom stereocenters. The lowest BCUT2D eigenvalue weighted by atomic mass is 10.2. The van der Waals surface area contributed by atoms with Crippen molar-refractivity contribution < 1.29 is 9.18 Å². The lowest BCUT2D eigenvalue weighted by molar-refractivity contribution is -0.131. The maximum absolute atomic E-state index is 12.9. The third-order valence-corrected chi connectivity index (χ3v) is 3.42. The number of hydrogen-bond donors (Lipinski definition) is 1. The molecule has 1 fully saturated rings. The number of hydrogen-bond acceptors (Lipinski definition) is 3. The summed E-state index contributed by atoms with van der Waals surface area (Å²) in [5.74, 6) is -0.0384. The van der Waals surface area contributed by atoms with Crippen LogP contribution in [-0.2, 0) is 4.79 Å². The molecule has 2 rings (SSSR count). The van der Waals surface area contributed by atoms with Gasteiger partial charge >= 0.3 is 0 Å². The summed E-state index contributed by atoms with van der Waals surface area (Å²) in [6, 6.07) is 6.49. The van der Waals surface area contributed by atoms with Gasteiger partial charge in [0.1, 0.15) is 5.82 Å². The Kier molecular flexibility index (Phi) is 9.33. The SMILES string of the molecule is Cl.Cl.NCCCC(=O)N1CCN(c2ccc(F)cc2)CC1. The van der Waals surface area contributed by atoms with Gasteiger partial charge in [0, 0.05) is 38.3 Å². The minimum absolute atomic E-state index is 0. The summed E-state index contributed by atoms with van der Waals surface area (Å²) in [6.45, 7) is 3.59. The number of amides is 1. The number of benzene rings is 1. The van der Waals surface area contributed by atoms with Crippen LogP contribution >= 0.6 is 24.8 Å². The molecule has 1 aliphatic rings. The number of nitrogens with two attached hydrogens (primary N) is 1. The average molecular weight is 338 g/mol. The summed E-state index contributed by atoms with van der Waals surface area (Å²) in [6.07, 6.45) is 1.28. The molecule has 21 heavy (non-hydrogen) atoms. The largest absolute Gasteiger partial charge is 0.368 e. The molecule has 0 spiro atoms. The summed E-state index contributed by atoms with van der Waals surface area (Å²) in [4.78, 5) is 15.9. The number of piperazine rings is 1. The molecule has 2 N–H and O–H groups in total. The first-order chi connectivity index (χ1) is 9.20. The van der Waals surface area contributed by atoms with Gasteiger partial charge in [0.15, 0.2) is 0 Å². The van der Waals surface area contributed by atoms with Crippen LogP contribution in [-0.4, -0.2) is 43.5 Å². The van der Waals surface area contributed by atoms with Crippen molar-refractivity contribution in [3.63, 3.8) is 0 Å². The van der Waals surface area contributed by atoms with E-state index in [1.807, 2.05) is 4.90 Å². The van der Waals surface area contributed by atoms with Crippen LogP contribution in [0.25, 0.3) is 0 Å². The fourth-order valence-corrected chi connectivity index (χ4v) is 2.28. The topological polar surface area (TPSA) is 49.6 Å². The number of carbonyl (C=O) groups excluding carboxylic acids is 1. The van der Waals surface area contributed by atoms with E-state index < -0.39 is 0 Å². The highest BCUT2D eigenvalue weighted by Crippen LogP contribution is 2.17. The second kappa shape index (κ2) is 9.82. The van der Waals surface area contributed by atoms with Gasteiger partial charge in [-0.05, 0) is 37.2 Å². The van der Waals surface area contributed by atoms with Crippen LogP contribution in [0.15, 0.2) is 24.3 Å². The Morgan fingerprint density at radius 2 is 1.67 bits per heavy atom. The minimum Gasteiger partial charge on any atom is -0.368 e. The van der Waals surface area contributed by atoms with Crippen LogP contribution in [0, 0.1) is 5.82 Å². The van der Waals surface area contributed by atoms with Gasteiger partial charge < -0.3 is 15.5 Å². The predicted octanol–water partition coefficient (Wildman–Crippen LogP) is 2.06. The molecule has 0 aliphatic carbocycles. The van der Waals surface area contributed by atoms with Crippen molar-refractivity contribution in [2.45, 2.75) is 12.8 Å². The number of nitrogens with zero attached hydrogens (tertiary/aromatic N) is 2. The summed E-state index contributed by atoms with van der Waals surface area (Å²) >= 11 is 0. The van der Waals surface area contributed by atoms with Gasteiger partial charge in [-0.2, -0.15) is 0 Å². The molecule has 120 valence electrons. The predicted molar refractivity (Wildman–Crippen MR) is 88.0 cm³/mol. The highest BCUT2D eigenvalue weighted by atomic mass is 35.5. The molecule has 1 heterocycles. The molecule has 1 aliphatic heterocycles. The molecule has 1 aromatic rings. The molecule has 1 aromatic carbocycles. The Morgan fingerprint density at radius 1 is 1.10 bits per heavy atom. The maximum Gasteiger partial charge on any atom is 0.222 e. The monoisotopic (exact) mass is 337 g/mol. The zero-order valence-electron chi connectivity index (χ0n) is 11.8. The van der Waals surface area contributed by atoms with E-state index in [2.05, 4.69) is 4.90 Å². The highest BCUT2D eigenvalue weighted by Gasteiger charge is 2.20. The van der Waals surface area contributed by atoms with Crippen LogP contribution in [0.4, 0.5) is 10.1 Å². The van der Waals surface area contributed by atoms with Crippen molar-refractivity contribution in [1.29, 1.82) is 0 Å². The lowest BCUT2D eigenvalue weighted by Gasteiger charge is -2.36. The van der Waals surface area contributed by atoms with Crippen LogP contribution in [0.5, 0.6) is 0 Å². The van der Waals surface area contributed by atoms with E-state index in [1.54, 1.807) is 12.1 Å². The molecular weight excluding hydrogens is 316 g/mol. The zero-order chi connectivity index (χ0) is 13.7. The van der Waals surface area contributed by atoms with Gasteiger partial charge in [-0.15, -0.1) is 24.8 Å².